The predicted molar refractivity (Wildman–Crippen MR) is 111 cm³/mol. The number of carbonyl (C=O) groups excluding carboxylic acids is 1. The van der Waals surface area contributed by atoms with E-state index in [1.54, 1.807) is 28.8 Å². The summed E-state index contributed by atoms with van der Waals surface area (Å²) in [6.07, 6.45) is 0. The lowest BCUT2D eigenvalue weighted by molar-refractivity contribution is 0.0775. The van der Waals surface area contributed by atoms with E-state index in [0.717, 1.165) is 22.4 Å². The van der Waals surface area contributed by atoms with Crippen molar-refractivity contribution in [3.63, 3.8) is 0 Å². The molecule has 1 amide bonds. The number of nitrogens with zero attached hydrogens (tertiary/aromatic N) is 4. The molecule has 148 valence electrons. The average Bonchev–Trinajstić information content (AvgIpc) is 2.94. The van der Waals surface area contributed by atoms with Crippen molar-refractivity contribution >= 4 is 28.5 Å². The van der Waals surface area contributed by atoms with Gasteiger partial charge in [-0.1, -0.05) is 31.5 Å². The van der Waals surface area contributed by atoms with Crippen LogP contribution in [0, 0.1) is 6.92 Å². The topological polar surface area (TPSA) is 60.2 Å². The summed E-state index contributed by atoms with van der Waals surface area (Å²) in [6.45, 7) is 6.85. The maximum Gasteiger partial charge on any atom is 0.254 e. The lowest BCUT2D eigenvalue weighted by Crippen LogP contribution is -2.31. The highest BCUT2D eigenvalue weighted by Gasteiger charge is 2.22. The fraction of sp³-hybridized carbons (Fsp3) is 0.381. The first-order chi connectivity index (χ1) is 13.3. The van der Waals surface area contributed by atoms with Crippen molar-refractivity contribution in [2.24, 2.45) is 7.05 Å². The fourth-order valence-electron chi connectivity index (χ4n) is 3.09. The maximum atomic E-state index is 13.2. The van der Waals surface area contributed by atoms with Gasteiger partial charge in [0.2, 0.25) is 0 Å². The van der Waals surface area contributed by atoms with E-state index in [-0.39, 0.29) is 11.8 Å². The van der Waals surface area contributed by atoms with E-state index in [2.05, 4.69) is 18.9 Å². The van der Waals surface area contributed by atoms with Crippen LogP contribution in [0.25, 0.3) is 11.0 Å². The van der Waals surface area contributed by atoms with Crippen LogP contribution in [0.2, 0.25) is 5.02 Å². The number of amides is 1. The maximum absolute atomic E-state index is 13.2. The third-order valence-corrected chi connectivity index (χ3v) is 4.88. The van der Waals surface area contributed by atoms with E-state index in [9.17, 15) is 4.79 Å². The van der Waals surface area contributed by atoms with Gasteiger partial charge in [-0.3, -0.25) is 9.48 Å². The molecule has 0 unspecified atom stereocenters. The van der Waals surface area contributed by atoms with Gasteiger partial charge in [0, 0.05) is 24.8 Å². The van der Waals surface area contributed by atoms with Crippen molar-refractivity contribution in [3.05, 3.63) is 52.3 Å². The zero-order valence-electron chi connectivity index (χ0n) is 16.9. The molecule has 2 heterocycles. The van der Waals surface area contributed by atoms with E-state index in [1.807, 2.05) is 32.2 Å². The minimum atomic E-state index is -0.0694. The fourth-order valence-corrected chi connectivity index (χ4v) is 3.27. The summed E-state index contributed by atoms with van der Waals surface area (Å²) in [5.41, 5.74) is 3.04. The van der Waals surface area contributed by atoms with Crippen LogP contribution in [0.1, 0.15) is 41.5 Å². The van der Waals surface area contributed by atoms with Crippen molar-refractivity contribution in [1.29, 1.82) is 0 Å². The molecule has 6 nitrogen and oxygen atoms in total. The third-order valence-electron chi connectivity index (χ3n) is 4.65. The second-order valence-corrected chi connectivity index (χ2v) is 7.63. The normalized spacial score (nSPS) is 11.2. The molecule has 7 heteroatoms. The van der Waals surface area contributed by atoms with Gasteiger partial charge in [-0.15, -0.1) is 0 Å². The highest BCUT2D eigenvalue weighted by Crippen LogP contribution is 2.26. The van der Waals surface area contributed by atoms with Crippen molar-refractivity contribution in [2.75, 3.05) is 20.2 Å². The summed E-state index contributed by atoms with van der Waals surface area (Å²) < 4.78 is 7.45. The van der Waals surface area contributed by atoms with Crippen LogP contribution >= 0.6 is 11.6 Å². The van der Waals surface area contributed by atoms with Gasteiger partial charge in [0.1, 0.15) is 12.4 Å². The minimum Gasteiger partial charge on any atom is -0.492 e. The lowest BCUT2D eigenvalue weighted by atomic mass is 10.0. The second-order valence-electron chi connectivity index (χ2n) is 7.19. The molecule has 0 bridgehead atoms. The molecule has 1 aromatic carbocycles. The molecule has 0 radical (unpaired) electrons. The van der Waals surface area contributed by atoms with Gasteiger partial charge in [0.25, 0.3) is 5.91 Å². The number of aryl methyl sites for hydroxylation is 2. The first kappa shape index (κ1) is 20.1. The first-order valence-electron chi connectivity index (χ1n) is 9.26. The Morgan fingerprint density at radius 3 is 2.75 bits per heavy atom. The Hall–Kier alpha value is -2.60. The van der Waals surface area contributed by atoms with Gasteiger partial charge in [-0.25, -0.2) is 4.98 Å². The monoisotopic (exact) mass is 400 g/mol. The zero-order chi connectivity index (χ0) is 20.4. The number of rotatable bonds is 6. The van der Waals surface area contributed by atoms with Crippen LogP contribution in [0.15, 0.2) is 30.3 Å². The van der Waals surface area contributed by atoms with Crippen LogP contribution in [-0.2, 0) is 7.05 Å². The van der Waals surface area contributed by atoms with Crippen LogP contribution in [-0.4, -0.2) is 45.8 Å². The number of hydrogen-bond acceptors (Lipinski definition) is 4. The van der Waals surface area contributed by atoms with Crippen LogP contribution in [0.4, 0.5) is 0 Å². The third kappa shape index (κ3) is 4.12. The van der Waals surface area contributed by atoms with Gasteiger partial charge in [0.05, 0.1) is 23.2 Å². The number of likely N-dealkylation sites (N-methyl/N-ethyl adjacent to an activating group) is 1. The number of aromatic nitrogens is 3. The Morgan fingerprint density at radius 2 is 2.07 bits per heavy atom. The number of pyridine rings is 1. The molecule has 0 saturated carbocycles. The Kier molecular flexibility index (Phi) is 5.89. The summed E-state index contributed by atoms with van der Waals surface area (Å²) in [4.78, 5) is 19.5. The molecule has 0 atom stereocenters. The molecule has 0 aliphatic rings. The number of halogens is 1. The average molecular weight is 401 g/mol. The van der Waals surface area contributed by atoms with E-state index < -0.39 is 0 Å². The zero-order valence-corrected chi connectivity index (χ0v) is 17.6. The molecule has 0 saturated heterocycles. The second kappa shape index (κ2) is 8.19. The standard InChI is InChI=1S/C21H25ClN4O2/c1-13(2)18-12-17(19-14(3)24-26(5)20(19)23-18)21(27)25(4)9-10-28-16-8-6-7-15(22)11-16/h6-8,11-13H,9-10H2,1-5H3. The summed E-state index contributed by atoms with van der Waals surface area (Å²) in [5.74, 6) is 0.826. The van der Waals surface area contributed by atoms with Crippen LogP contribution < -0.4 is 4.74 Å². The SMILES string of the molecule is Cc1nn(C)c2nc(C(C)C)cc(C(=O)N(C)CCOc3cccc(Cl)c3)c12. The summed E-state index contributed by atoms with van der Waals surface area (Å²) in [6, 6.07) is 9.11. The Labute approximate surface area is 170 Å². The number of fused-ring (bicyclic) bond motifs is 1. The van der Waals surface area contributed by atoms with Gasteiger partial charge < -0.3 is 9.64 Å². The van der Waals surface area contributed by atoms with Gasteiger partial charge in [-0.05, 0) is 37.1 Å². The van der Waals surface area contributed by atoms with Crippen molar-refractivity contribution < 1.29 is 9.53 Å². The van der Waals surface area contributed by atoms with E-state index in [4.69, 9.17) is 21.3 Å². The molecule has 0 fully saturated rings. The molecule has 0 N–H and O–H groups in total. The quantitative estimate of drug-likeness (QED) is 0.622. The Morgan fingerprint density at radius 1 is 1.32 bits per heavy atom. The highest BCUT2D eigenvalue weighted by atomic mass is 35.5. The van der Waals surface area contributed by atoms with E-state index in [0.29, 0.717) is 29.5 Å². The molecule has 3 aromatic rings. The van der Waals surface area contributed by atoms with Crippen molar-refractivity contribution in [1.82, 2.24) is 19.7 Å². The molecule has 3 rings (SSSR count). The minimum absolute atomic E-state index is 0.0694. The molecule has 0 spiro atoms. The van der Waals surface area contributed by atoms with Gasteiger partial charge in [-0.2, -0.15) is 5.10 Å². The first-order valence-corrected chi connectivity index (χ1v) is 9.63. The lowest BCUT2D eigenvalue weighted by Gasteiger charge is -2.19. The Bertz CT molecular complexity index is 1010. The van der Waals surface area contributed by atoms with E-state index in [1.165, 1.54) is 0 Å². The van der Waals surface area contributed by atoms with Gasteiger partial charge >= 0.3 is 0 Å². The predicted octanol–water partition coefficient (Wildman–Crippen LogP) is 4.20. The molecular weight excluding hydrogens is 376 g/mol. The molecule has 0 aliphatic carbocycles. The number of carbonyl (C=O) groups is 1. The van der Waals surface area contributed by atoms with Crippen LogP contribution in [0.5, 0.6) is 5.75 Å². The van der Waals surface area contributed by atoms with Crippen molar-refractivity contribution in [2.45, 2.75) is 26.7 Å². The summed E-state index contributed by atoms with van der Waals surface area (Å²) >= 11 is 5.97. The molecular formula is C21H25ClN4O2. The van der Waals surface area contributed by atoms with Gasteiger partial charge in [0.15, 0.2) is 5.65 Å². The number of benzene rings is 1. The molecule has 28 heavy (non-hydrogen) atoms. The highest BCUT2D eigenvalue weighted by molar-refractivity contribution is 6.30. The summed E-state index contributed by atoms with van der Waals surface area (Å²) in [7, 11) is 3.62. The van der Waals surface area contributed by atoms with E-state index >= 15 is 0 Å². The summed E-state index contributed by atoms with van der Waals surface area (Å²) in [5, 5.41) is 5.87. The smallest absolute Gasteiger partial charge is 0.254 e. The molecule has 0 aliphatic heterocycles. The number of ether oxygens (including phenoxy) is 1. The largest absolute Gasteiger partial charge is 0.492 e. The molecule has 2 aromatic heterocycles. The van der Waals surface area contributed by atoms with Crippen molar-refractivity contribution in [3.8, 4) is 5.75 Å². The Balaban J connectivity index is 1.81. The number of hydrogen-bond donors (Lipinski definition) is 0. The van der Waals surface area contributed by atoms with Crippen LogP contribution in [0.3, 0.4) is 0 Å².